The molecule has 0 saturated carbocycles. The molecule has 0 radical (unpaired) electrons. The van der Waals surface area contributed by atoms with E-state index in [9.17, 15) is 5.11 Å². The molecule has 23 heavy (non-hydrogen) atoms. The molecule has 2 aliphatic heterocycles. The fourth-order valence-electron chi connectivity index (χ4n) is 4.27. The van der Waals surface area contributed by atoms with Gasteiger partial charge in [0.05, 0.1) is 35.6 Å². The highest BCUT2D eigenvalue weighted by Gasteiger charge is 2.40. The topological polar surface area (TPSA) is 55.9 Å². The second kappa shape index (κ2) is 4.55. The largest absolute Gasteiger partial charge is 0.386 e. The normalized spacial score (nSPS) is 25.0. The van der Waals surface area contributed by atoms with Crippen LogP contribution in [0.15, 0.2) is 42.9 Å². The highest BCUT2D eigenvalue weighted by molar-refractivity contribution is 5.69. The lowest BCUT2D eigenvalue weighted by molar-refractivity contribution is 0.0525. The van der Waals surface area contributed by atoms with E-state index in [2.05, 4.69) is 38.9 Å². The van der Waals surface area contributed by atoms with Gasteiger partial charge in [-0.25, -0.2) is 4.98 Å². The summed E-state index contributed by atoms with van der Waals surface area (Å²) in [5, 5.41) is 15.5. The lowest BCUT2D eigenvalue weighted by atomic mass is 9.83. The quantitative estimate of drug-likeness (QED) is 0.752. The molecule has 3 atom stereocenters. The van der Waals surface area contributed by atoms with Crippen LogP contribution in [-0.4, -0.2) is 24.4 Å². The van der Waals surface area contributed by atoms with Crippen molar-refractivity contribution in [2.24, 2.45) is 5.92 Å². The van der Waals surface area contributed by atoms with Gasteiger partial charge in [-0.05, 0) is 25.0 Å². The minimum absolute atomic E-state index is 0.134. The molecule has 3 aromatic rings. The highest BCUT2D eigenvalue weighted by Crippen LogP contribution is 2.48. The van der Waals surface area contributed by atoms with Crippen LogP contribution >= 0.6 is 0 Å². The first-order valence-electron chi connectivity index (χ1n) is 8.07. The maximum Gasteiger partial charge on any atom is 0.101 e. The number of aromatic nitrogens is 4. The maximum absolute atomic E-state index is 11.0. The number of benzene rings is 1. The summed E-state index contributed by atoms with van der Waals surface area (Å²) in [6.07, 6.45) is 4.22. The van der Waals surface area contributed by atoms with E-state index in [1.165, 1.54) is 11.1 Å². The number of aliphatic hydroxyl groups excluding tert-OH is 1. The monoisotopic (exact) mass is 306 g/mol. The van der Waals surface area contributed by atoms with E-state index in [-0.39, 0.29) is 12.0 Å². The van der Waals surface area contributed by atoms with Crippen molar-refractivity contribution in [3.63, 3.8) is 0 Å². The fourth-order valence-corrected chi connectivity index (χ4v) is 4.27. The Balaban J connectivity index is 1.63. The first kappa shape index (κ1) is 13.1. The maximum atomic E-state index is 11.0. The number of fused-ring (bicyclic) bond motifs is 4. The van der Waals surface area contributed by atoms with Gasteiger partial charge in [-0.3, -0.25) is 4.68 Å². The van der Waals surface area contributed by atoms with Crippen molar-refractivity contribution >= 4 is 0 Å². The number of rotatable bonds is 1. The summed E-state index contributed by atoms with van der Waals surface area (Å²) in [5.74, 6) is 0.134. The van der Waals surface area contributed by atoms with Crippen molar-refractivity contribution in [2.75, 3.05) is 0 Å². The van der Waals surface area contributed by atoms with E-state index in [4.69, 9.17) is 0 Å². The molecule has 0 spiro atoms. The summed E-state index contributed by atoms with van der Waals surface area (Å²) in [6, 6.07) is 10.6. The predicted octanol–water partition coefficient (Wildman–Crippen LogP) is 2.71. The van der Waals surface area contributed by atoms with Gasteiger partial charge in [0.2, 0.25) is 0 Å². The van der Waals surface area contributed by atoms with E-state index in [1.807, 2.05) is 30.2 Å². The van der Waals surface area contributed by atoms with Gasteiger partial charge < -0.3 is 9.67 Å². The number of hydrogen-bond acceptors (Lipinski definition) is 3. The first-order chi connectivity index (χ1) is 11.2. The second-order valence-electron chi connectivity index (χ2n) is 6.55. The summed E-state index contributed by atoms with van der Waals surface area (Å²) in [4.78, 5) is 4.32. The van der Waals surface area contributed by atoms with Gasteiger partial charge >= 0.3 is 0 Å². The van der Waals surface area contributed by atoms with Crippen molar-refractivity contribution in [3.8, 4) is 11.3 Å². The Morgan fingerprint density at radius 3 is 3.04 bits per heavy atom. The number of hydrogen-bond donors (Lipinski definition) is 1. The smallest absolute Gasteiger partial charge is 0.101 e. The molecule has 0 fully saturated rings. The van der Waals surface area contributed by atoms with E-state index in [0.717, 1.165) is 30.0 Å². The number of nitrogens with zero attached hydrogens (tertiary/aromatic N) is 4. The van der Waals surface area contributed by atoms with Gasteiger partial charge in [0.25, 0.3) is 0 Å². The van der Waals surface area contributed by atoms with Crippen LogP contribution in [0, 0.1) is 12.8 Å². The molecule has 5 heteroatoms. The molecule has 1 unspecified atom stereocenters. The van der Waals surface area contributed by atoms with Crippen LogP contribution in [0.5, 0.6) is 0 Å². The third-order valence-corrected chi connectivity index (χ3v) is 5.24. The van der Waals surface area contributed by atoms with Gasteiger partial charge in [-0.15, -0.1) is 0 Å². The molecule has 1 aromatic carbocycles. The van der Waals surface area contributed by atoms with Crippen LogP contribution in [0.2, 0.25) is 0 Å². The van der Waals surface area contributed by atoms with Crippen LogP contribution < -0.4 is 0 Å². The highest BCUT2D eigenvalue weighted by atomic mass is 16.3. The van der Waals surface area contributed by atoms with Crippen molar-refractivity contribution < 1.29 is 5.11 Å². The SMILES string of the molecule is Cc1cc2n(n1)CC[C@@H](C1c3ccccc3-c3cncn31)[C@@H]2O. The third-order valence-electron chi connectivity index (χ3n) is 5.24. The lowest BCUT2D eigenvalue weighted by Gasteiger charge is -2.34. The van der Waals surface area contributed by atoms with Gasteiger partial charge in [-0.1, -0.05) is 24.3 Å². The molecule has 4 heterocycles. The molecule has 1 N–H and O–H groups in total. The number of imidazole rings is 1. The summed E-state index contributed by atoms with van der Waals surface area (Å²) in [5.41, 5.74) is 5.57. The van der Waals surface area contributed by atoms with Crippen molar-refractivity contribution in [1.82, 2.24) is 19.3 Å². The molecule has 0 aliphatic carbocycles. The van der Waals surface area contributed by atoms with E-state index in [1.54, 1.807) is 0 Å². The van der Waals surface area contributed by atoms with Gasteiger partial charge in [-0.2, -0.15) is 5.10 Å². The molecule has 0 saturated heterocycles. The standard InChI is InChI=1S/C18H18N4O/c1-11-8-15-18(23)14(6-7-22(15)20-11)17-13-5-3-2-4-12(13)16-9-19-10-21(16)17/h2-5,8-10,14,17-18,23H,6-7H2,1H3/t14-,17?,18-/m0/s1. The number of aliphatic hydroxyl groups is 1. The van der Waals surface area contributed by atoms with Crippen LogP contribution in [0.1, 0.15) is 35.5 Å². The van der Waals surface area contributed by atoms with E-state index in [0.29, 0.717) is 0 Å². The van der Waals surface area contributed by atoms with E-state index >= 15 is 0 Å². The summed E-state index contributed by atoms with van der Waals surface area (Å²) >= 11 is 0. The van der Waals surface area contributed by atoms with Crippen LogP contribution in [0.4, 0.5) is 0 Å². The van der Waals surface area contributed by atoms with Crippen molar-refractivity contribution in [3.05, 3.63) is 59.8 Å². The Morgan fingerprint density at radius 2 is 2.13 bits per heavy atom. The Morgan fingerprint density at radius 1 is 1.26 bits per heavy atom. The Hall–Kier alpha value is -2.40. The lowest BCUT2D eigenvalue weighted by Crippen LogP contribution is -2.31. The zero-order valence-corrected chi connectivity index (χ0v) is 12.9. The molecular formula is C18H18N4O. The molecule has 5 nitrogen and oxygen atoms in total. The number of aryl methyl sites for hydroxylation is 2. The third kappa shape index (κ3) is 1.71. The Kier molecular flexibility index (Phi) is 2.59. The van der Waals surface area contributed by atoms with E-state index < -0.39 is 6.10 Å². The molecule has 0 amide bonds. The molecule has 2 aromatic heterocycles. The van der Waals surface area contributed by atoms with Crippen LogP contribution in [0.3, 0.4) is 0 Å². The van der Waals surface area contributed by atoms with Crippen LogP contribution in [-0.2, 0) is 6.54 Å². The summed E-state index contributed by atoms with van der Waals surface area (Å²) in [7, 11) is 0. The van der Waals surface area contributed by atoms with Crippen molar-refractivity contribution in [1.29, 1.82) is 0 Å². The average molecular weight is 306 g/mol. The minimum Gasteiger partial charge on any atom is -0.386 e. The van der Waals surface area contributed by atoms with Crippen molar-refractivity contribution in [2.45, 2.75) is 32.0 Å². The summed E-state index contributed by atoms with van der Waals surface area (Å²) < 4.78 is 4.17. The minimum atomic E-state index is -0.503. The molecular weight excluding hydrogens is 288 g/mol. The van der Waals surface area contributed by atoms with Gasteiger partial charge in [0, 0.05) is 18.0 Å². The molecule has 0 bridgehead atoms. The molecule has 116 valence electrons. The average Bonchev–Trinajstić information content (AvgIpc) is 3.22. The summed E-state index contributed by atoms with van der Waals surface area (Å²) in [6.45, 7) is 2.83. The van der Waals surface area contributed by atoms with Gasteiger partial charge in [0.15, 0.2) is 0 Å². The second-order valence-corrected chi connectivity index (χ2v) is 6.55. The Labute approximate surface area is 134 Å². The first-order valence-corrected chi connectivity index (χ1v) is 8.07. The molecule has 5 rings (SSSR count). The fraction of sp³-hybridized carbons (Fsp3) is 0.333. The predicted molar refractivity (Wildman–Crippen MR) is 85.8 cm³/mol. The van der Waals surface area contributed by atoms with Crippen LogP contribution in [0.25, 0.3) is 11.3 Å². The zero-order chi connectivity index (χ0) is 15.6. The molecule has 2 aliphatic rings. The zero-order valence-electron chi connectivity index (χ0n) is 12.9. The van der Waals surface area contributed by atoms with Gasteiger partial charge in [0.1, 0.15) is 6.10 Å². The Bertz CT molecular complexity index is 894.